The van der Waals surface area contributed by atoms with E-state index in [1.165, 1.54) is 0 Å². The molecule has 0 amide bonds. The van der Waals surface area contributed by atoms with Gasteiger partial charge in [0.1, 0.15) is 10.2 Å². The molecule has 0 atom stereocenters. The fraction of sp³-hybridized carbons (Fsp3) is 0.636. The number of anilines is 2. The third-order valence-corrected chi connectivity index (χ3v) is 2.86. The van der Waals surface area contributed by atoms with Crippen molar-refractivity contribution in [1.29, 1.82) is 0 Å². The highest BCUT2D eigenvalue weighted by Crippen LogP contribution is 2.26. The molecule has 1 aromatic rings. The summed E-state index contributed by atoms with van der Waals surface area (Å²) in [5.41, 5.74) is 1.63. The Bertz CT molecular complexity index is 393. The van der Waals surface area contributed by atoms with Crippen molar-refractivity contribution in [3.05, 3.63) is 14.7 Å². The molecule has 0 fully saturated rings. The first kappa shape index (κ1) is 12.2. The molecular formula is C11H18N2OS. The molecule has 0 aromatic heterocycles. The Hall–Kier alpha value is -0.900. The second kappa shape index (κ2) is 5.26. The smallest absolute Gasteiger partial charge is 0.224 e. The second-order valence-corrected chi connectivity index (χ2v) is 4.10. The Morgan fingerprint density at radius 3 is 2.60 bits per heavy atom. The molecule has 0 bridgehead atoms. The Kier molecular flexibility index (Phi) is 4.27. The van der Waals surface area contributed by atoms with Crippen LogP contribution in [0.25, 0.3) is 0 Å². The van der Waals surface area contributed by atoms with Crippen LogP contribution in [-0.4, -0.2) is 20.1 Å². The highest BCUT2D eigenvalue weighted by atomic mass is 32.1. The van der Waals surface area contributed by atoms with Crippen molar-refractivity contribution < 1.29 is 0 Å². The summed E-state index contributed by atoms with van der Waals surface area (Å²) >= 11 is 5.01. The van der Waals surface area contributed by atoms with E-state index in [2.05, 4.69) is 12.2 Å². The molecule has 0 heterocycles. The van der Waals surface area contributed by atoms with Crippen molar-refractivity contribution in [2.45, 2.75) is 26.7 Å². The zero-order valence-corrected chi connectivity index (χ0v) is 10.4. The summed E-state index contributed by atoms with van der Waals surface area (Å²) in [6.45, 7) is 5.85. The summed E-state index contributed by atoms with van der Waals surface area (Å²) in [6.07, 6.45) is 2.23. The summed E-state index contributed by atoms with van der Waals surface area (Å²) in [5, 5.41) is 3.15. The van der Waals surface area contributed by atoms with E-state index in [9.17, 15) is 4.79 Å². The van der Waals surface area contributed by atoms with Crippen LogP contribution in [0.5, 0.6) is 0 Å². The predicted octanol–water partition coefficient (Wildman–Crippen LogP) is 2.32. The highest BCUT2D eigenvalue weighted by molar-refractivity contribution is 7.71. The number of rotatable bonds is 6. The molecule has 3 nitrogen and oxygen atoms in total. The molecule has 1 N–H and O–H groups in total. The van der Waals surface area contributed by atoms with Crippen LogP contribution in [0.4, 0.5) is 11.4 Å². The van der Waals surface area contributed by atoms with E-state index in [4.69, 9.17) is 12.2 Å². The lowest BCUT2D eigenvalue weighted by atomic mass is 10.1. The first-order valence-electron chi connectivity index (χ1n) is 5.41. The van der Waals surface area contributed by atoms with E-state index in [1.54, 1.807) is 0 Å². The Labute approximate surface area is 95.8 Å². The van der Waals surface area contributed by atoms with Crippen molar-refractivity contribution >= 4 is 23.6 Å². The molecule has 1 rings (SSSR count). The van der Waals surface area contributed by atoms with E-state index < -0.39 is 0 Å². The average molecular weight is 226 g/mol. The minimum Gasteiger partial charge on any atom is -0.382 e. The van der Waals surface area contributed by atoms with Gasteiger partial charge in [-0.3, -0.25) is 4.79 Å². The minimum atomic E-state index is 0.0135. The molecule has 0 radical (unpaired) electrons. The van der Waals surface area contributed by atoms with Gasteiger partial charge < -0.3 is 10.2 Å². The minimum absolute atomic E-state index is 0.0135. The lowest BCUT2D eigenvalue weighted by Crippen LogP contribution is -2.30. The van der Waals surface area contributed by atoms with Gasteiger partial charge in [0.15, 0.2) is 0 Å². The van der Waals surface area contributed by atoms with Gasteiger partial charge in [-0.15, -0.1) is 0 Å². The molecule has 0 aliphatic heterocycles. The van der Waals surface area contributed by atoms with Gasteiger partial charge >= 0.3 is 0 Å². The fourth-order valence-corrected chi connectivity index (χ4v) is 1.86. The normalized spacial score (nSPS) is 10.6. The fourth-order valence-electron chi connectivity index (χ4n) is 1.59. The first-order valence-corrected chi connectivity index (χ1v) is 5.82. The molecule has 84 valence electrons. The molecule has 0 saturated heterocycles. The van der Waals surface area contributed by atoms with Crippen LogP contribution in [0.2, 0.25) is 0 Å². The Balaban J connectivity index is 2.80. The summed E-state index contributed by atoms with van der Waals surface area (Å²) in [6, 6.07) is 0. The van der Waals surface area contributed by atoms with Crippen LogP contribution in [0.1, 0.15) is 26.7 Å². The van der Waals surface area contributed by atoms with Crippen molar-refractivity contribution in [2.24, 2.45) is 0 Å². The standard InChI is InChI=1S/C11H18N2OS/c1-4-6-7-13(3)9-8(12-5-2)11(15)10(9)14/h12H,4-7H2,1-3H3. The molecule has 0 spiro atoms. The average Bonchev–Trinajstić information content (AvgIpc) is 2.25. The zero-order chi connectivity index (χ0) is 11.4. The second-order valence-electron chi connectivity index (χ2n) is 3.69. The number of nitrogens with one attached hydrogen (secondary N) is 1. The zero-order valence-electron chi connectivity index (χ0n) is 9.59. The molecule has 1 aromatic carbocycles. The molecular weight excluding hydrogens is 208 g/mol. The molecule has 0 saturated carbocycles. The molecule has 0 aliphatic carbocycles. The van der Waals surface area contributed by atoms with Gasteiger partial charge in [-0.25, -0.2) is 0 Å². The largest absolute Gasteiger partial charge is 0.382 e. The van der Waals surface area contributed by atoms with Crippen LogP contribution in [0, 0.1) is 4.51 Å². The maximum atomic E-state index is 11.6. The number of hydrogen-bond acceptors (Lipinski definition) is 4. The lowest BCUT2D eigenvalue weighted by molar-refractivity contribution is 0.763. The van der Waals surface area contributed by atoms with Crippen LogP contribution in [0.3, 0.4) is 0 Å². The van der Waals surface area contributed by atoms with Gasteiger partial charge in [0.05, 0.1) is 5.69 Å². The predicted molar refractivity (Wildman–Crippen MR) is 68.3 cm³/mol. The van der Waals surface area contributed by atoms with Gasteiger partial charge in [0.25, 0.3) is 0 Å². The van der Waals surface area contributed by atoms with E-state index >= 15 is 0 Å². The molecule has 0 aliphatic rings. The van der Waals surface area contributed by atoms with Crippen LogP contribution < -0.4 is 15.6 Å². The van der Waals surface area contributed by atoms with Gasteiger partial charge in [0.2, 0.25) is 5.43 Å². The van der Waals surface area contributed by atoms with E-state index in [0.717, 1.165) is 37.3 Å². The van der Waals surface area contributed by atoms with Gasteiger partial charge in [-0.1, -0.05) is 25.6 Å². The molecule has 15 heavy (non-hydrogen) atoms. The maximum Gasteiger partial charge on any atom is 0.224 e. The van der Waals surface area contributed by atoms with E-state index in [-0.39, 0.29) is 5.43 Å². The summed E-state index contributed by atoms with van der Waals surface area (Å²) < 4.78 is 0.454. The topological polar surface area (TPSA) is 32.3 Å². The monoisotopic (exact) mass is 226 g/mol. The van der Waals surface area contributed by atoms with E-state index in [0.29, 0.717) is 4.51 Å². The first-order chi connectivity index (χ1) is 7.13. The van der Waals surface area contributed by atoms with Crippen molar-refractivity contribution in [3.63, 3.8) is 0 Å². The number of hydrogen-bond donors (Lipinski definition) is 1. The van der Waals surface area contributed by atoms with Gasteiger partial charge in [0, 0.05) is 20.1 Å². The number of nitrogens with zero attached hydrogens (tertiary/aromatic N) is 1. The third kappa shape index (κ3) is 2.37. The molecule has 0 unspecified atom stereocenters. The highest BCUT2D eigenvalue weighted by Gasteiger charge is 2.19. The van der Waals surface area contributed by atoms with Crippen LogP contribution in [-0.2, 0) is 0 Å². The van der Waals surface area contributed by atoms with Gasteiger partial charge in [-0.05, 0) is 13.3 Å². The quantitative estimate of drug-likeness (QED) is 0.755. The maximum absolute atomic E-state index is 11.6. The summed E-state index contributed by atoms with van der Waals surface area (Å²) in [4.78, 5) is 13.6. The Morgan fingerprint density at radius 2 is 2.07 bits per heavy atom. The van der Waals surface area contributed by atoms with Crippen molar-refractivity contribution in [2.75, 3.05) is 30.4 Å². The number of unbranched alkanes of at least 4 members (excludes halogenated alkanes) is 1. The van der Waals surface area contributed by atoms with Gasteiger partial charge in [-0.2, -0.15) is 0 Å². The van der Waals surface area contributed by atoms with Crippen molar-refractivity contribution in [3.8, 4) is 0 Å². The van der Waals surface area contributed by atoms with Crippen LogP contribution in [0.15, 0.2) is 4.79 Å². The van der Waals surface area contributed by atoms with Crippen LogP contribution >= 0.6 is 12.2 Å². The molecule has 4 heteroatoms. The lowest BCUT2D eigenvalue weighted by Gasteiger charge is -2.24. The summed E-state index contributed by atoms with van der Waals surface area (Å²) in [7, 11) is 1.95. The third-order valence-electron chi connectivity index (χ3n) is 2.47. The van der Waals surface area contributed by atoms with Crippen molar-refractivity contribution in [1.82, 2.24) is 0 Å². The van der Waals surface area contributed by atoms with E-state index in [1.807, 2.05) is 18.9 Å². The SMILES string of the molecule is CCCCN(C)c1c(NCC)c(=S)c1=O. The Morgan fingerprint density at radius 1 is 1.40 bits per heavy atom. The summed E-state index contributed by atoms with van der Waals surface area (Å²) in [5.74, 6) is 0.